The molecule has 0 N–H and O–H groups in total. The first-order chi connectivity index (χ1) is 11.1. The number of methoxy groups -OCH3 is 1. The van der Waals surface area contributed by atoms with Gasteiger partial charge in [-0.25, -0.2) is 9.97 Å². The summed E-state index contributed by atoms with van der Waals surface area (Å²) in [7, 11) is 7.44. The van der Waals surface area contributed by atoms with Crippen LogP contribution in [0.3, 0.4) is 0 Å². The predicted octanol–water partition coefficient (Wildman–Crippen LogP) is 2.87. The number of benzene rings is 1. The van der Waals surface area contributed by atoms with Gasteiger partial charge in [0.1, 0.15) is 5.82 Å². The zero-order valence-electron chi connectivity index (χ0n) is 13.7. The minimum Gasteiger partial charge on any atom is -0.481 e. The molecule has 6 nitrogen and oxygen atoms in total. The lowest BCUT2D eigenvalue weighted by Crippen LogP contribution is -2.17. The van der Waals surface area contributed by atoms with Crippen molar-refractivity contribution >= 4 is 28.4 Å². The summed E-state index contributed by atoms with van der Waals surface area (Å²) in [6.07, 6.45) is 1.77. The van der Waals surface area contributed by atoms with Crippen LogP contribution in [0.4, 0.5) is 17.5 Å². The topological polar surface area (TPSA) is 54.4 Å². The van der Waals surface area contributed by atoms with Gasteiger partial charge in [0.05, 0.1) is 24.5 Å². The Bertz CT molecular complexity index is 817. The first-order valence-corrected chi connectivity index (χ1v) is 7.28. The van der Waals surface area contributed by atoms with Gasteiger partial charge in [-0.05, 0) is 18.2 Å². The van der Waals surface area contributed by atoms with Crippen LogP contribution in [0.15, 0.2) is 42.6 Å². The van der Waals surface area contributed by atoms with E-state index in [0.29, 0.717) is 11.8 Å². The van der Waals surface area contributed by atoms with Crippen LogP contribution >= 0.6 is 0 Å². The van der Waals surface area contributed by atoms with Crippen LogP contribution in [-0.4, -0.2) is 43.2 Å². The molecule has 0 aliphatic rings. The highest BCUT2D eigenvalue weighted by atomic mass is 16.5. The summed E-state index contributed by atoms with van der Waals surface area (Å²) in [5, 5.41) is 0.997. The van der Waals surface area contributed by atoms with Gasteiger partial charge in [-0.3, -0.25) is 0 Å². The molecule has 1 aromatic carbocycles. The number of hydrogen-bond donors (Lipinski definition) is 0. The van der Waals surface area contributed by atoms with E-state index in [9.17, 15) is 0 Å². The van der Waals surface area contributed by atoms with E-state index in [0.717, 1.165) is 22.4 Å². The highest BCUT2D eigenvalue weighted by molar-refractivity contribution is 5.92. The third-order valence-corrected chi connectivity index (χ3v) is 3.61. The third kappa shape index (κ3) is 2.88. The minimum atomic E-state index is 0.587. The van der Waals surface area contributed by atoms with Crippen molar-refractivity contribution in [3.8, 4) is 5.88 Å². The van der Waals surface area contributed by atoms with E-state index in [1.165, 1.54) is 0 Å². The minimum absolute atomic E-state index is 0.587. The molecule has 2 aromatic heterocycles. The molecule has 3 aromatic rings. The van der Waals surface area contributed by atoms with Crippen molar-refractivity contribution in [1.29, 1.82) is 0 Å². The summed E-state index contributed by atoms with van der Waals surface area (Å²) >= 11 is 0. The van der Waals surface area contributed by atoms with Crippen molar-refractivity contribution in [3.63, 3.8) is 0 Å². The highest BCUT2D eigenvalue weighted by Crippen LogP contribution is 2.30. The van der Waals surface area contributed by atoms with Gasteiger partial charge in [-0.2, -0.15) is 4.98 Å². The fraction of sp³-hybridized carbons (Fsp3) is 0.235. The number of pyridine rings is 1. The summed E-state index contributed by atoms with van der Waals surface area (Å²) in [4.78, 5) is 17.5. The van der Waals surface area contributed by atoms with E-state index < -0.39 is 0 Å². The van der Waals surface area contributed by atoms with Gasteiger partial charge in [0.2, 0.25) is 11.8 Å². The van der Waals surface area contributed by atoms with Crippen molar-refractivity contribution in [3.05, 3.63) is 42.6 Å². The molecule has 0 saturated heterocycles. The summed E-state index contributed by atoms with van der Waals surface area (Å²) < 4.78 is 5.11. The van der Waals surface area contributed by atoms with Crippen molar-refractivity contribution in [2.45, 2.75) is 0 Å². The zero-order valence-corrected chi connectivity index (χ0v) is 13.7. The van der Waals surface area contributed by atoms with E-state index in [2.05, 4.69) is 9.97 Å². The molecule has 0 unspecified atom stereocenters. The predicted molar refractivity (Wildman–Crippen MR) is 92.7 cm³/mol. The number of nitrogens with zero attached hydrogens (tertiary/aromatic N) is 5. The number of hydrogen-bond acceptors (Lipinski definition) is 6. The average Bonchev–Trinajstić information content (AvgIpc) is 2.60. The standard InChI is InChI=1S/C17H19N5O/c1-21(2)17-19-14-8-6-5-7-13(14)16(20-17)22(3)12-9-10-15(23-4)18-11-12/h5-11H,1-4H3. The Morgan fingerprint density at radius 1 is 0.957 bits per heavy atom. The van der Waals surface area contributed by atoms with Crippen molar-refractivity contribution in [2.24, 2.45) is 0 Å². The fourth-order valence-corrected chi connectivity index (χ4v) is 2.32. The number of fused-ring (bicyclic) bond motifs is 1. The molecule has 0 spiro atoms. The van der Waals surface area contributed by atoms with Gasteiger partial charge < -0.3 is 14.5 Å². The molecule has 0 fully saturated rings. The number of anilines is 3. The monoisotopic (exact) mass is 309 g/mol. The second-order valence-corrected chi connectivity index (χ2v) is 5.38. The van der Waals surface area contributed by atoms with E-state index in [1.807, 2.05) is 67.3 Å². The maximum absolute atomic E-state index is 5.11. The molecular weight excluding hydrogens is 290 g/mol. The second-order valence-electron chi connectivity index (χ2n) is 5.38. The lowest BCUT2D eigenvalue weighted by atomic mass is 10.2. The summed E-state index contributed by atoms with van der Waals surface area (Å²) in [6, 6.07) is 11.8. The van der Waals surface area contributed by atoms with Gasteiger partial charge in [0, 0.05) is 32.6 Å². The molecule has 3 rings (SSSR count). The van der Waals surface area contributed by atoms with Gasteiger partial charge in [-0.1, -0.05) is 12.1 Å². The molecule has 0 aliphatic carbocycles. The maximum atomic E-state index is 5.11. The molecule has 0 amide bonds. The Morgan fingerprint density at radius 3 is 2.39 bits per heavy atom. The first kappa shape index (κ1) is 15.0. The number of ether oxygens (including phenoxy) is 1. The van der Waals surface area contributed by atoms with Gasteiger partial charge >= 0.3 is 0 Å². The van der Waals surface area contributed by atoms with Crippen molar-refractivity contribution in [2.75, 3.05) is 38.1 Å². The average molecular weight is 309 g/mol. The molecule has 23 heavy (non-hydrogen) atoms. The van der Waals surface area contributed by atoms with Gasteiger partial charge in [-0.15, -0.1) is 0 Å². The molecule has 0 radical (unpaired) electrons. The van der Waals surface area contributed by atoms with Crippen LogP contribution in [-0.2, 0) is 0 Å². The first-order valence-electron chi connectivity index (χ1n) is 7.28. The normalized spacial score (nSPS) is 10.6. The Hall–Kier alpha value is -2.89. The second kappa shape index (κ2) is 6.08. The lowest BCUT2D eigenvalue weighted by Gasteiger charge is -2.22. The Morgan fingerprint density at radius 2 is 1.74 bits per heavy atom. The van der Waals surface area contributed by atoms with Crippen LogP contribution in [0.2, 0.25) is 0 Å². The van der Waals surface area contributed by atoms with Crippen LogP contribution in [0, 0.1) is 0 Å². The van der Waals surface area contributed by atoms with E-state index in [4.69, 9.17) is 9.72 Å². The molecule has 0 saturated carbocycles. The maximum Gasteiger partial charge on any atom is 0.227 e. The van der Waals surface area contributed by atoms with Crippen LogP contribution in [0.1, 0.15) is 0 Å². The molecular formula is C17H19N5O. The van der Waals surface area contributed by atoms with Gasteiger partial charge in [0.15, 0.2) is 0 Å². The molecule has 0 aliphatic heterocycles. The largest absolute Gasteiger partial charge is 0.481 e. The SMILES string of the molecule is COc1ccc(N(C)c2nc(N(C)C)nc3ccccc23)cn1. The van der Waals surface area contributed by atoms with Crippen molar-refractivity contribution < 1.29 is 4.74 Å². The van der Waals surface area contributed by atoms with Crippen LogP contribution in [0.5, 0.6) is 5.88 Å². The Balaban J connectivity index is 2.12. The lowest BCUT2D eigenvalue weighted by molar-refractivity contribution is 0.398. The quantitative estimate of drug-likeness (QED) is 0.738. The highest BCUT2D eigenvalue weighted by Gasteiger charge is 2.14. The zero-order chi connectivity index (χ0) is 16.4. The smallest absolute Gasteiger partial charge is 0.227 e. The molecule has 118 valence electrons. The van der Waals surface area contributed by atoms with E-state index >= 15 is 0 Å². The summed E-state index contributed by atoms with van der Waals surface area (Å²) in [6.45, 7) is 0. The van der Waals surface area contributed by atoms with E-state index in [1.54, 1.807) is 13.3 Å². The van der Waals surface area contributed by atoms with Crippen molar-refractivity contribution in [1.82, 2.24) is 15.0 Å². The van der Waals surface area contributed by atoms with Crippen LogP contribution < -0.4 is 14.5 Å². The number of para-hydroxylation sites is 1. The Kier molecular flexibility index (Phi) is 3.97. The molecule has 2 heterocycles. The molecule has 6 heteroatoms. The molecule has 0 atom stereocenters. The summed E-state index contributed by atoms with van der Waals surface area (Å²) in [5.74, 6) is 2.10. The Labute approximate surface area is 135 Å². The summed E-state index contributed by atoms with van der Waals surface area (Å²) in [5.41, 5.74) is 1.84. The van der Waals surface area contributed by atoms with Crippen LogP contribution in [0.25, 0.3) is 10.9 Å². The third-order valence-electron chi connectivity index (χ3n) is 3.61. The van der Waals surface area contributed by atoms with Gasteiger partial charge in [0.25, 0.3) is 0 Å². The molecule has 0 bridgehead atoms. The fourth-order valence-electron chi connectivity index (χ4n) is 2.32. The number of aromatic nitrogens is 3. The van der Waals surface area contributed by atoms with E-state index in [-0.39, 0.29) is 0 Å². The number of rotatable bonds is 4.